The van der Waals surface area contributed by atoms with E-state index in [0.29, 0.717) is 19.4 Å². The van der Waals surface area contributed by atoms with E-state index in [-0.39, 0.29) is 11.4 Å². The minimum absolute atomic E-state index is 0.0869. The van der Waals surface area contributed by atoms with Crippen molar-refractivity contribution < 1.29 is 4.79 Å². The largest absolute Gasteiger partial charge is 0.356 e. The van der Waals surface area contributed by atoms with Crippen LogP contribution in [-0.2, 0) is 11.2 Å². The highest BCUT2D eigenvalue weighted by Crippen LogP contribution is 2.11. The van der Waals surface area contributed by atoms with Gasteiger partial charge in [0, 0.05) is 18.5 Å². The van der Waals surface area contributed by atoms with E-state index < -0.39 is 0 Å². The standard InChI is InChI=1S/C16H26N2O/c1-12-5-6-13(2)14(11-12)8-10-18-15(19)7-9-16(3,4)17/h5-6,11H,7-10,17H2,1-4H3,(H,18,19). The average Bonchev–Trinajstić information content (AvgIpc) is 2.30. The zero-order chi connectivity index (χ0) is 14.5. The van der Waals surface area contributed by atoms with Crippen LogP contribution in [0.15, 0.2) is 18.2 Å². The number of carbonyl (C=O) groups is 1. The fraction of sp³-hybridized carbons (Fsp3) is 0.562. The van der Waals surface area contributed by atoms with Gasteiger partial charge in [-0.25, -0.2) is 0 Å². The fourth-order valence-corrected chi connectivity index (χ4v) is 1.93. The lowest BCUT2D eigenvalue weighted by molar-refractivity contribution is -0.121. The van der Waals surface area contributed by atoms with Gasteiger partial charge in [-0.1, -0.05) is 23.8 Å². The van der Waals surface area contributed by atoms with Crippen LogP contribution in [0.2, 0.25) is 0 Å². The Morgan fingerprint density at radius 3 is 2.63 bits per heavy atom. The summed E-state index contributed by atoms with van der Waals surface area (Å²) in [6.45, 7) is 8.76. The summed E-state index contributed by atoms with van der Waals surface area (Å²) in [5.74, 6) is 0.0869. The van der Waals surface area contributed by atoms with E-state index >= 15 is 0 Å². The monoisotopic (exact) mass is 262 g/mol. The van der Waals surface area contributed by atoms with Crippen molar-refractivity contribution in [1.29, 1.82) is 0 Å². The molecular weight excluding hydrogens is 236 g/mol. The molecule has 0 aromatic heterocycles. The molecule has 1 aromatic rings. The third-order valence-electron chi connectivity index (χ3n) is 3.22. The predicted octanol–water partition coefficient (Wildman–Crippen LogP) is 2.48. The number of rotatable bonds is 6. The normalized spacial score (nSPS) is 11.4. The summed E-state index contributed by atoms with van der Waals surface area (Å²) in [6, 6.07) is 6.43. The van der Waals surface area contributed by atoms with E-state index in [1.54, 1.807) is 0 Å². The number of nitrogens with two attached hydrogens (primary N) is 1. The third kappa shape index (κ3) is 6.39. The van der Waals surface area contributed by atoms with E-state index in [1.165, 1.54) is 16.7 Å². The van der Waals surface area contributed by atoms with Gasteiger partial charge in [-0.3, -0.25) is 4.79 Å². The van der Waals surface area contributed by atoms with Gasteiger partial charge in [-0.2, -0.15) is 0 Å². The van der Waals surface area contributed by atoms with Gasteiger partial charge in [0.1, 0.15) is 0 Å². The molecule has 0 spiro atoms. The Morgan fingerprint density at radius 2 is 2.00 bits per heavy atom. The number of carbonyl (C=O) groups excluding carboxylic acids is 1. The van der Waals surface area contributed by atoms with Crippen LogP contribution in [0, 0.1) is 13.8 Å². The van der Waals surface area contributed by atoms with Crippen molar-refractivity contribution in [2.45, 2.75) is 52.5 Å². The molecule has 0 unspecified atom stereocenters. The second-order valence-electron chi connectivity index (χ2n) is 6.02. The molecular formula is C16H26N2O. The van der Waals surface area contributed by atoms with Crippen molar-refractivity contribution in [2.75, 3.05) is 6.54 Å². The van der Waals surface area contributed by atoms with Gasteiger partial charge in [-0.15, -0.1) is 0 Å². The second kappa shape index (κ2) is 6.71. The van der Waals surface area contributed by atoms with Crippen LogP contribution in [0.1, 0.15) is 43.4 Å². The molecule has 1 rings (SSSR count). The zero-order valence-corrected chi connectivity index (χ0v) is 12.5. The lowest BCUT2D eigenvalue weighted by Crippen LogP contribution is -2.34. The zero-order valence-electron chi connectivity index (χ0n) is 12.5. The Morgan fingerprint density at radius 1 is 1.32 bits per heavy atom. The van der Waals surface area contributed by atoms with Crippen LogP contribution in [0.25, 0.3) is 0 Å². The quantitative estimate of drug-likeness (QED) is 0.827. The Kier molecular flexibility index (Phi) is 5.55. The second-order valence-corrected chi connectivity index (χ2v) is 6.02. The first-order valence-corrected chi connectivity index (χ1v) is 6.90. The topological polar surface area (TPSA) is 55.1 Å². The van der Waals surface area contributed by atoms with Gasteiger partial charge < -0.3 is 11.1 Å². The van der Waals surface area contributed by atoms with Gasteiger partial charge in [0.05, 0.1) is 0 Å². The van der Waals surface area contributed by atoms with Crippen molar-refractivity contribution in [3.8, 4) is 0 Å². The predicted molar refractivity (Wildman–Crippen MR) is 80.1 cm³/mol. The number of benzene rings is 1. The molecule has 3 heteroatoms. The van der Waals surface area contributed by atoms with E-state index in [1.807, 2.05) is 13.8 Å². The van der Waals surface area contributed by atoms with Crippen LogP contribution in [0.3, 0.4) is 0 Å². The van der Waals surface area contributed by atoms with Crippen LogP contribution in [0.5, 0.6) is 0 Å². The van der Waals surface area contributed by atoms with Crippen molar-refractivity contribution >= 4 is 5.91 Å². The average molecular weight is 262 g/mol. The molecule has 0 atom stereocenters. The van der Waals surface area contributed by atoms with Crippen LogP contribution >= 0.6 is 0 Å². The minimum Gasteiger partial charge on any atom is -0.356 e. The summed E-state index contributed by atoms with van der Waals surface area (Å²) in [6.07, 6.45) is 2.09. The molecule has 19 heavy (non-hydrogen) atoms. The summed E-state index contributed by atoms with van der Waals surface area (Å²) in [5, 5.41) is 2.96. The van der Waals surface area contributed by atoms with Gasteiger partial charge >= 0.3 is 0 Å². The third-order valence-corrected chi connectivity index (χ3v) is 3.22. The molecule has 3 N–H and O–H groups in total. The number of hydrogen-bond donors (Lipinski definition) is 2. The molecule has 0 aliphatic heterocycles. The number of aryl methyl sites for hydroxylation is 2. The summed E-state index contributed by atoms with van der Waals surface area (Å²) in [4.78, 5) is 11.7. The lowest BCUT2D eigenvalue weighted by Gasteiger charge is -2.17. The number of nitrogens with one attached hydrogen (secondary N) is 1. The molecule has 0 radical (unpaired) electrons. The van der Waals surface area contributed by atoms with Gasteiger partial charge in [0.15, 0.2) is 0 Å². The Hall–Kier alpha value is -1.35. The summed E-state index contributed by atoms with van der Waals surface area (Å²) in [7, 11) is 0. The summed E-state index contributed by atoms with van der Waals surface area (Å²) >= 11 is 0. The smallest absolute Gasteiger partial charge is 0.220 e. The first kappa shape index (κ1) is 15.7. The minimum atomic E-state index is -0.273. The van der Waals surface area contributed by atoms with Gasteiger partial charge in [0.25, 0.3) is 0 Å². The molecule has 0 fully saturated rings. The molecule has 3 nitrogen and oxygen atoms in total. The summed E-state index contributed by atoms with van der Waals surface area (Å²) in [5.41, 5.74) is 9.43. The number of hydrogen-bond acceptors (Lipinski definition) is 2. The highest BCUT2D eigenvalue weighted by molar-refractivity contribution is 5.75. The first-order valence-electron chi connectivity index (χ1n) is 6.90. The molecule has 0 saturated carbocycles. The van der Waals surface area contributed by atoms with Gasteiger partial charge in [-0.05, 0) is 51.7 Å². The molecule has 0 aliphatic carbocycles. The van der Waals surface area contributed by atoms with E-state index in [9.17, 15) is 4.79 Å². The molecule has 1 aromatic carbocycles. The maximum Gasteiger partial charge on any atom is 0.220 e. The van der Waals surface area contributed by atoms with Crippen LogP contribution in [0.4, 0.5) is 0 Å². The van der Waals surface area contributed by atoms with E-state index in [0.717, 1.165) is 6.42 Å². The molecule has 0 bridgehead atoms. The highest BCUT2D eigenvalue weighted by Gasteiger charge is 2.12. The van der Waals surface area contributed by atoms with Crippen molar-refractivity contribution in [2.24, 2.45) is 5.73 Å². The van der Waals surface area contributed by atoms with Crippen LogP contribution < -0.4 is 11.1 Å². The fourth-order valence-electron chi connectivity index (χ4n) is 1.93. The molecule has 106 valence electrons. The van der Waals surface area contributed by atoms with Crippen LogP contribution in [-0.4, -0.2) is 18.0 Å². The van der Waals surface area contributed by atoms with E-state index in [2.05, 4.69) is 37.4 Å². The SMILES string of the molecule is Cc1ccc(C)c(CCNC(=O)CCC(C)(C)N)c1. The van der Waals surface area contributed by atoms with Crippen molar-refractivity contribution in [3.63, 3.8) is 0 Å². The van der Waals surface area contributed by atoms with Crippen molar-refractivity contribution in [3.05, 3.63) is 34.9 Å². The maximum absolute atomic E-state index is 11.7. The summed E-state index contributed by atoms with van der Waals surface area (Å²) < 4.78 is 0. The Bertz CT molecular complexity index is 433. The Balaban J connectivity index is 2.34. The molecule has 0 aliphatic rings. The molecule has 0 saturated heterocycles. The lowest BCUT2D eigenvalue weighted by atomic mass is 10.00. The Labute approximate surface area is 116 Å². The molecule has 0 heterocycles. The highest BCUT2D eigenvalue weighted by atomic mass is 16.1. The van der Waals surface area contributed by atoms with Gasteiger partial charge in [0.2, 0.25) is 5.91 Å². The maximum atomic E-state index is 11.7. The molecule has 1 amide bonds. The number of amides is 1. The first-order chi connectivity index (χ1) is 8.78. The van der Waals surface area contributed by atoms with E-state index in [4.69, 9.17) is 5.73 Å². The van der Waals surface area contributed by atoms with Crippen molar-refractivity contribution in [1.82, 2.24) is 5.32 Å².